The number of hydrogen-bond acceptors (Lipinski definition) is 9. The smallest absolute Gasteiger partial charge is 0.319 e. The first-order valence-electron chi connectivity index (χ1n) is 13.6. The maximum absolute atomic E-state index is 16.6. The molecule has 0 saturated carbocycles. The fourth-order valence-corrected chi connectivity index (χ4v) is 7.26. The van der Waals surface area contributed by atoms with Gasteiger partial charge in [0.2, 0.25) is 0 Å². The highest BCUT2D eigenvalue weighted by molar-refractivity contribution is 7.22. The second kappa shape index (κ2) is 9.71. The lowest BCUT2D eigenvalue weighted by Crippen LogP contribution is -2.51. The number of thiazole rings is 1. The molecular weight excluding hydrogens is 539 g/mol. The lowest BCUT2D eigenvalue weighted by Gasteiger charge is -2.34. The number of hydrogen-bond donors (Lipinski definition) is 2. The van der Waals surface area contributed by atoms with E-state index in [0.29, 0.717) is 52.9 Å². The molecule has 5 heterocycles. The van der Waals surface area contributed by atoms with Crippen molar-refractivity contribution in [3.63, 3.8) is 0 Å². The van der Waals surface area contributed by atoms with Gasteiger partial charge in [0, 0.05) is 54.3 Å². The van der Waals surface area contributed by atoms with Gasteiger partial charge in [0.15, 0.2) is 10.9 Å². The summed E-state index contributed by atoms with van der Waals surface area (Å²) >= 11 is 1.03. The van der Waals surface area contributed by atoms with Crippen LogP contribution < -0.4 is 20.7 Å². The predicted molar refractivity (Wildman–Crippen MR) is 151 cm³/mol. The van der Waals surface area contributed by atoms with Gasteiger partial charge in [0.05, 0.1) is 10.2 Å². The minimum atomic E-state index is -0.904. The molecule has 0 spiro atoms. The molecule has 7 rings (SSSR count). The monoisotopic (exact) mass is 569 g/mol. The number of halogens is 3. The lowest BCUT2D eigenvalue weighted by molar-refractivity contribution is 0.188. The fourth-order valence-electron chi connectivity index (χ4n) is 6.50. The molecule has 2 aromatic heterocycles. The van der Waals surface area contributed by atoms with Crippen molar-refractivity contribution in [2.24, 2.45) is 0 Å². The third kappa shape index (κ3) is 4.33. The summed E-state index contributed by atoms with van der Waals surface area (Å²) in [5, 5.41) is 4.42. The van der Waals surface area contributed by atoms with Crippen LogP contribution in [-0.2, 0) is 0 Å². The zero-order valence-electron chi connectivity index (χ0n) is 22.3. The SMILES string of the molecule is Cc1cc2c(N3CC4CCC(C3)N4)nc(OC[C@@H]3C[C@@H](F)CN3C)nc2c(F)c1-c1ccc(F)c2sc(N)nc12. The molecule has 40 heavy (non-hydrogen) atoms. The number of likely N-dealkylation sites (N-methyl/N-ethyl adjacent to an activating group) is 1. The van der Waals surface area contributed by atoms with E-state index in [1.807, 2.05) is 24.9 Å². The van der Waals surface area contributed by atoms with E-state index < -0.39 is 17.8 Å². The Hall–Kier alpha value is -3.22. The molecule has 3 aliphatic heterocycles. The van der Waals surface area contributed by atoms with E-state index in [2.05, 4.69) is 20.2 Å². The fraction of sp³-hybridized carbons (Fsp3) is 0.464. The Morgan fingerprint density at radius 1 is 1.10 bits per heavy atom. The van der Waals surface area contributed by atoms with E-state index in [0.717, 1.165) is 37.3 Å². The van der Waals surface area contributed by atoms with Crippen LogP contribution in [0.1, 0.15) is 24.8 Å². The van der Waals surface area contributed by atoms with Gasteiger partial charge >= 0.3 is 6.01 Å². The first-order valence-corrected chi connectivity index (χ1v) is 14.4. The molecular formula is C28H30F3N7OS. The highest BCUT2D eigenvalue weighted by atomic mass is 32.1. The number of nitrogens with one attached hydrogen (secondary N) is 1. The van der Waals surface area contributed by atoms with Gasteiger partial charge in [-0.2, -0.15) is 9.97 Å². The number of aryl methyl sites for hydroxylation is 1. The van der Waals surface area contributed by atoms with Crippen molar-refractivity contribution in [2.75, 3.05) is 43.9 Å². The number of aromatic nitrogens is 3. The Kier molecular flexibility index (Phi) is 6.24. The van der Waals surface area contributed by atoms with Crippen LogP contribution in [0.15, 0.2) is 18.2 Å². The Balaban J connectivity index is 1.37. The van der Waals surface area contributed by atoms with E-state index in [9.17, 15) is 8.78 Å². The van der Waals surface area contributed by atoms with E-state index in [4.69, 9.17) is 15.5 Å². The number of anilines is 2. The maximum atomic E-state index is 16.6. The third-order valence-corrected chi connectivity index (χ3v) is 9.32. The summed E-state index contributed by atoms with van der Waals surface area (Å²) < 4.78 is 51.4. The highest BCUT2D eigenvalue weighted by Gasteiger charge is 2.35. The number of piperazine rings is 1. The third-order valence-electron chi connectivity index (χ3n) is 8.43. The molecule has 2 unspecified atom stereocenters. The van der Waals surface area contributed by atoms with Crippen molar-refractivity contribution in [3.05, 3.63) is 35.4 Å². The maximum Gasteiger partial charge on any atom is 0.319 e. The Morgan fingerprint density at radius 2 is 1.88 bits per heavy atom. The minimum absolute atomic E-state index is 0.0555. The van der Waals surface area contributed by atoms with Gasteiger partial charge in [0.25, 0.3) is 0 Å². The van der Waals surface area contributed by atoms with Crippen LogP contribution in [0.2, 0.25) is 0 Å². The first-order chi connectivity index (χ1) is 19.2. The molecule has 3 N–H and O–H groups in total. The standard InChI is InChI=1S/C28H30F3N7OS/c1-13-7-19-23(22(31)21(13)18-5-6-20(30)25-24(18)34-27(32)40-25)35-28(39-12-17-8-14(29)9-37(17)2)36-26(19)38-10-15-3-4-16(11-38)33-15/h5-7,14-17,33H,3-4,8-12H2,1-2H3,(H2,32,34)/t14-,15?,16?,17+/m1/s1. The second-order valence-electron chi connectivity index (χ2n) is 11.2. The molecule has 3 saturated heterocycles. The van der Waals surface area contributed by atoms with Crippen LogP contribution >= 0.6 is 11.3 Å². The summed E-state index contributed by atoms with van der Waals surface area (Å²) in [6, 6.07) is 5.36. The van der Waals surface area contributed by atoms with Gasteiger partial charge in [0.1, 0.15) is 29.9 Å². The van der Waals surface area contributed by atoms with Crippen molar-refractivity contribution < 1.29 is 17.9 Å². The number of rotatable bonds is 5. The van der Waals surface area contributed by atoms with Crippen LogP contribution in [0.3, 0.4) is 0 Å². The van der Waals surface area contributed by atoms with Crippen molar-refractivity contribution in [1.82, 2.24) is 25.2 Å². The van der Waals surface area contributed by atoms with Crippen LogP contribution in [0, 0.1) is 18.6 Å². The molecule has 4 atom stereocenters. The number of nitrogens with two attached hydrogens (primary N) is 1. The van der Waals surface area contributed by atoms with Crippen LogP contribution in [0.25, 0.3) is 32.2 Å². The predicted octanol–water partition coefficient (Wildman–Crippen LogP) is 4.44. The number of likely N-dealkylation sites (tertiary alicyclic amines) is 1. The highest BCUT2D eigenvalue weighted by Crippen LogP contribution is 2.41. The van der Waals surface area contributed by atoms with Crippen LogP contribution in [-0.4, -0.2) is 77.4 Å². The molecule has 2 bridgehead atoms. The summed E-state index contributed by atoms with van der Waals surface area (Å²) in [7, 11) is 1.86. The average Bonchev–Trinajstić information content (AvgIpc) is 3.58. The molecule has 2 aromatic carbocycles. The Bertz CT molecular complexity index is 1620. The molecule has 3 aliphatic rings. The molecule has 3 fully saturated rings. The van der Waals surface area contributed by atoms with Crippen molar-refractivity contribution in [2.45, 2.75) is 50.5 Å². The van der Waals surface area contributed by atoms with E-state index in [1.165, 1.54) is 12.1 Å². The van der Waals surface area contributed by atoms with E-state index in [1.54, 1.807) is 0 Å². The zero-order valence-corrected chi connectivity index (χ0v) is 23.1. The molecule has 8 nitrogen and oxygen atoms in total. The number of fused-ring (bicyclic) bond motifs is 4. The number of benzene rings is 2. The van der Waals surface area contributed by atoms with Crippen LogP contribution in [0.4, 0.5) is 24.1 Å². The summed E-state index contributed by atoms with van der Waals surface area (Å²) in [6.07, 6.45) is 1.63. The number of nitrogens with zero attached hydrogens (tertiary/aromatic N) is 5. The van der Waals surface area contributed by atoms with Crippen molar-refractivity contribution >= 4 is 43.4 Å². The van der Waals surface area contributed by atoms with Gasteiger partial charge < -0.3 is 20.7 Å². The minimum Gasteiger partial charge on any atom is -0.462 e. The summed E-state index contributed by atoms with van der Waals surface area (Å²) in [6.45, 7) is 3.87. The quantitative estimate of drug-likeness (QED) is 0.365. The first kappa shape index (κ1) is 25.7. The largest absolute Gasteiger partial charge is 0.462 e. The lowest BCUT2D eigenvalue weighted by atomic mass is 9.96. The molecule has 4 aromatic rings. The summed E-state index contributed by atoms with van der Waals surface area (Å²) in [5.41, 5.74) is 7.73. The molecule has 0 amide bonds. The molecule has 0 radical (unpaired) electrons. The van der Waals surface area contributed by atoms with Crippen LogP contribution in [0.5, 0.6) is 6.01 Å². The van der Waals surface area contributed by atoms with Gasteiger partial charge in [-0.15, -0.1) is 0 Å². The number of ether oxygens (including phenoxy) is 1. The zero-order chi connectivity index (χ0) is 27.7. The topological polar surface area (TPSA) is 92.4 Å². The van der Waals surface area contributed by atoms with Crippen molar-refractivity contribution in [1.29, 1.82) is 0 Å². The van der Waals surface area contributed by atoms with E-state index in [-0.39, 0.29) is 39.6 Å². The summed E-state index contributed by atoms with van der Waals surface area (Å²) in [5.74, 6) is -0.382. The number of alkyl halides is 1. The van der Waals surface area contributed by atoms with Crippen molar-refractivity contribution in [3.8, 4) is 17.1 Å². The normalized spacial score (nSPS) is 25.0. The van der Waals surface area contributed by atoms with Gasteiger partial charge in [-0.3, -0.25) is 4.90 Å². The average molecular weight is 570 g/mol. The molecule has 12 heteroatoms. The second-order valence-corrected chi connectivity index (χ2v) is 12.2. The molecule has 0 aliphatic carbocycles. The number of nitrogen functional groups attached to an aromatic ring is 1. The summed E-state index contributed by atoms with van der Waals surface area (Å²) in [4.78, 5) is 17.7. The Labute approximate surface area is 233 Å². The molecule has 210 valence electrons. The van der Waals surface area contributed by atoms with Gasteiger partial charge in [-0.05, 0) is 57.0 Å². The van der Waals surface area contributed by atoms with E-state index >= 15 is 4.39 Å². The van der Waals surface area contributed by atoms with Gasteiger partial charge in [-0.1, -0.05) is 11.3 Å². The van der Waals surface area contributed by atoms with Gasteiger partial charge in [-0.25, -0.2) is 18.2 Å². The Morgan fingerprint density at radius 3 is 2.60 bits per heavy atom.